The highest BCUT2D eigenvalue weighted by Crippen LogP contribution is 2.33. The fourth-order valence-corrected chi connectivity index (χ4v) is 7.51. The minimum atomic E-state index is -2.48. The fraction of sp³-hybridized carbons (Fsp3) is 0.647. The standard InChI is InChI=1S/C17H30O5SSi2/c1-18-25(19-2,20-3)12-5-7-15-8-9-17-16(13-15)14-21-24(4,22-17)11-6-10-23/h8-9,13,23H,5-7,10-12,14H2,1-4H3. The Morgan fingerprint density at radius 2 is 1.88 bits per heavy atom. The van der Waals surface area contributed by atoms with E-state index in [0.717, 1.165) is 48.4 Å². The summed E-state index contributed by atoms with van der Waals surface area (Å²) in [6, 6.07) is 8.21. The van der Waals surface area contributed by atoms with Gasteiger partial charge in [-0.05, 0) is 49.3 Å². The molecule has 1 atom stereocenters. The summed E-state index contributed by atoms with van der Waals surface area (Å²) in [5.41, 5.74) is 2.42. The van der Waals surface area contributed by atoms with E-state index in [4.69, 9.17) is 22.1 Å². The van der Waals surface area contributed by atoms with Crippen molar-refractivity contribution in [2.24, 2.45) is 0 Å². The Morgan fingerprint density at radius 1 is 1.16 bits per heavy atom. The Balaban J connectivity index is 1.94. The van der Waals surface area contributed by atoms with Gasteiger partial charge in [0.25, 0.3) is 0 Å². The van der Waals surface area contributed by atoms with Crippen LogP contribution in [0.5, 0.6) is 5.75 Å². The van der Waals surface area contributed by atoms with Crippen LogP contribution in [0.25, 0.3) is 0 Å². The normalized spacial score (nSPS) is 20.2. The van der Waals surface area contributed by atoms with Crippen LogP contribution < -0.4 is 4.43 Å². The molecule has 1 aliphatic rings. The molecule has 142 valence electrons. The number of hydrogen-bond donors (Lipinski definition) is 1. The lowest BCUT2D eigenvalue weighted by molar-refractivity contribution is 0.123. The summed E-state index contributed by atoms with van der Waals surface area (Å²) in [5.74, 6) is 1.86. The average Bonchev–Trinajstić information content (AvgIpc) is 2.64. The first kappa shape index (κ1) is 20.9. The van der Waals surface area contributed by atoms with Crippen molar-refractivity contribution >= 4 is 30.0 Å². The zero-order valence-corrected chi connectivity index (χ0v) is 18.6. The number of benzene rings is 1. The second kappa shape index (κ2) is 9.54. The topological polar surface area (TPSA) is 46.2 Å². The summed E-state index contributed by atoms with van der Waals surface area (Å²) < 4.78 is 28.7. The van der Waals surface area contributed by atoms with Crippen LogP contribution in [0.3, 0.4) is 0 Å². The van der Waals surface area contributed by atoms with E-state index in [1.54, 1.807) is 21.3 Å². The number of thiol groups is 1. The molecule has 0 aromatic heterocycles. The van der Waals surface area contributed by atoms with Crippen LogP contribution in [0.15, 0.2) is 18.2 Å². The molecule has 0 saturated carbocycles. The van der Waals surface area contributed by atoms with Gasteiger partial charge in [0.05, 0.1) is 6.61 Å². The molecule has 1 aliphatic heterocycles. The molecule has 25 heavy (non-hydrogen) atoms. The Morgan fingerprint density at radius 3 is 2.52 bits per heavy atom. The number of fused-ring (bicyclic) bond motifs is 1. The van der Waals surface area contributed by atoms with E-state index in [1.807, 2.05) is 0 Å². The third kappa shape index (κ3) is 5.56. The molecule has 1 aromatic carbocycles. The van der Waals surface area contributed by atoms with Crippen molar-refractivity contribution in [3.63, 3.8) is 0 Å². The predicted octanol–water partition coefficient (Wildman–Crippen LogP) is 3.80. The Labute approximate surface area is 159 Å². The number of hydrogen-bond acceptors (Lipinski definition) is 6. The van der Waals surface area contributed by atoms with E-state index >= 15 is 0 Å². The second-order valence-electron chi connectivity index (χ2n) is 6.44. The fourth-order valence-electron chi connectivity index (χ4n) is 3.08. The molecule has 0 amide bonds. The van der Waals surface area contributed by atoms with Gasteiger partial charge in [0.15, 0.2) is 0 Å². The van der Waals surface area contributed by atoms with Crippen LogP contribution in [0.1, 0.15) is 24.0 Å². The van der Waals surface area contributed by atoms with Gasteiger partial charge in [-0.25, -0.2) is 0 Å². The zero-order valence-electron chi connectivity index (χ0n) is 15.7. The van der Waals surface area contributed by atoms with Crippen LogP contribution in [0.2, 0.25) is 18.6 Å². The van der Waals surface area contributed by atoms with Crippen LogP contribution >= 0.6 is 12.6 Å². The molecule has 0 bridgehead atoms. The van der Waals surface area contributed by atoms with Gasteiger partial charge in [-0.3, -0.25) is 0 Å². The van der Waals surface area contributed by atoms with Gasteiger partial charge in [0.1, 0.15) is 5.75 Å². The SMILES string of the molecule is CO[Si](CCCc1ccc2c(c1)CO[Si](C)(CCCS)O2)(OC)OC. The molecule has 1 heterocycles. The summed E-state index contributed by atoms with van der Waals surface area (Å²) in [4.78, 5) is 0. The lowest BCUT2D eigenvalue weighted by Crippen LogP contribution is -2.44. The maximum absolute atomic E-state index is 6.22. The third-order valence-electron chi connectivity index (χ3n) is 4.65. The second-order valence-corrected chi connectivity index (χ2v) is 13.2. The van der Waals surface area contributed by atoms with Crippen molar-refractivity contribution in [1.82, 2.24) is 0 Å². The quantitative estimate of drug-likeness (QED) is 0.476. The lowest BCUT2D eigenvalue weighted by Gasteiger charge is -2.33. The first-order valence-electron chi connectivity index (χ1n) is 8.71. The molecule has 1 unspecified atom stereocenters. The largest absolute Gasteiger partial charge is 0.520 e. The highest BCUT2D eigenvalue weighted by molar-refractivity contribution is 7.80. The first-order chi connectivity index (χ1) is 12.0. The highest BCUT2D eigenvalue weighted by Gasteiger charge is 2.38. The maximum Gasteiger partial charge on any atom is 0.500 e. The van der Waals surface area contributed by atoms with E-state index in [2.05, 4.69) is 37.4 Å². The molecule has 2 rings (SSSR count). The minimum Gasteiger partial charge on any atom is -0.520 e. The molecule has 8 heteroatoms. The number of rotatable bonds is 10. The predicted molar refractivity (Wildman–Crippen MR) is 107 cm³/mol. The molecule has 0 aliphatic carbocycles. The van der Waals surface area contributed by atoms with Crippen molar-refractivity contribution < 1.29 is 22.1 Å². The molecule has 5 nitrogen and oxygen atoms in total. The van der Waals surface area contributed by atoms with E-state index in [1.165, 1.54) is 5.56 Å². The van der Waals surface area contributed by atoms with E-state index in [0.29, 0.717) is 6.61 Å². The van der Waals surface area contributed by atoms with Crippen molar-refractivity contribution in [2.45, 2.75) is 44.5 Å². The molecule has 0 radical (unpaired) electrons. The smallest absolute Gasteiger partial charge is 0.500 e. The van der Waals surface area contributed by atoms with Gasteiger partial charge in [0.2, 0.25) is 0 Å². The molecular formula is C17H30O5SSi2. The van der Waals surface area contributed by atoms with Gasteiger partial charge in [-0.1, -0.05) is 6.07 Å². The minimum absolute atomic E-state index is 0.644. The average molecular weight is 403 g/mol. The Kier molecular flexibility index (Phi) is 8.00. The molecular weight excluding hydrogens is 372 g/mol. The van der Waals surface area contributed by atoms with E-state index in [9.17, 15) is 0 Å². The van der Waals surface area contributed by atoms with Crippen LogP contribution in [0.4, 0.5) is 0 Å². The summed E-state index contributed by atoms with van der Waals surface area (Å²) >= 11 is 4.29. The summed E-state index contributed by atoms with van der Waals surface area (Å²) in [6.07, 6.45) is 2.94. The zero-order chi connectivity index (χ0) is 18.3. The molecule has 0 saturated heterocycles. The van der Waals surface area contributed by atoms with Crippen LogP contribution in [0, 0.1) is 0 Å². The maximum atomic E-state index is 6.22. The van der Waals surface area contributed by atoms with Crippen molar-refractivity contribution in [1.29, 1.82) is 0 Å². The molecule has 1 aromatic rings. The molecule has 0 spiro atoms. The molecule has 0 fully saturated rings. The third-order valence-corrected chi connectivity index (χ3v) is 10.5. The number of aryl methyl sites for hydroxylation is 1. The van der Waals surface area contributed by atoms with E-state index in [-0.39, 0.29) is 0 Å². The van der Waals surface area contributed by atoms with Crippen molar-refractivity contribution in [2.75, 3.05) is 27.1 Å². The summed E-state index contributed by atoms with van der Waals surface area (Å²) in [5, 5.41) is 0. The monoisotopic (exact) mass is 402 g/mol. The van der Waals surface area contributed by atoms with Gasteiger partial charge in [-0.15, -0.1) is 0 Å². The lowest BCUT2D eigenvalue weighted by atomic mass is 10.1. The van der Waals surface area contributed by atoms with Crippen molar-refractivity contribution in [3.05, 3.63) is 29.3 Å². The molecule has 0 N–H and O–H groups in total. The first-order valence-corrected chi connectivity index (χ1v) is 13.8. The Hall–Kier alpha value is -0.356. The highest BCUT2D eigenvalue weighted by atomic mass is 32.1. The van der Waals surface area contributed by atoms with Gasteiger partial charge in [0, 0.05) is 39.0 Å². The van der Waals surface area contributed by atoms with Gasteiger partial charge >= 0.3 is 17.4 Å². The van der Waals surface area contributed by atoms with Crippen LogP contribution in [-0.2, 0) is 30.7 Å². The summed E-state index contributed by atoms with van der Waals surface area (Å²) in [7, 11) is 0.397. The van der Waals surface area contributed by atoms with Gasteiger partial charge in [-0.2, -0.15) is 12.6 Å². The summed E-state index contributed by atoms with van der Waals surface area (Å²) in [6.45, 7) is 2.78. The van der Waals surface area contributed by atoms with Gasteiger partial charge < -0.3 is 22.1 Å². The van der Waals surface area contributed by atoms with Crippen LogP contribution in [-0.4, -0.2) is 44.4 Å². The Bertz CT molecular complexity index is 548. The van der Waals surface area contributed by atoms with Crippen molar-refractivity contribution in [3.8, 4) is 5.75 Å². The van der Waals surface area contributed by atoms with E-state index < -0.39 is 17.4 Å².